The first-order valence-electron chi connectivity index (χ1n) is 4.39. The average Bonchev–Trinajstić information content (AvgIpc) is 2.60. The monoisotopic (exact) mass is 174 g/mol. The van der Waals surface area contributed by atoms with Crippen LogP contribution in [0.1, 0.15) is 6.92 Å². The summed E-state index contributed by atoms with van der Waals surface area (Å²) in [4.78, 5) is 0. The SMILES string of the molecule is CCn1ccc2c(OC)c[c]cc21. The Hall–Kier alpha value is -1.44. The Labute approximate surface area is 77.7 Å². The molecular formula is C11H12NO. The second-order valence-electron chi connectivity index (χ2n) is 2.92. The number of hydrogen-bond acceptors (Lipinski definition) is 1. The molecule has 0 saturated heterocycles. The van der Waals surface area contributed by atoms with Crippen molar-refractivity contribution in [3.05, 3.63) is 30.5 Å². The zero-order valence-corrected chi connectivity index (χ0v) is 7.87. The van der Waals surface area contributed by atoms with Crippen molar-refractivity contribution in [2.45, 2.75) is 13.5 Å². The summed E-state index contributed by atoms with van der Waals surface area (Å²) in [7, 11) is 1.69. The van der Waals surface area contributed by atoms with Crippen LogP contribution in [0.4, 0.5) is 0 Å². The molecule has 13 heavy (non-hydrogen) atoms. The van der Waals surface area contributed by atoms with Crippen LogP contribution in [0.2, 0.25) is 0 Å². The molecule has 1 aromatic carbocycles. The second-order valence-corrected chi connectivity index (χ2v) is 2.92. The molecule has 0 N–H and O–H groups in total. The minimum Gasteiger partial charge on any atom is -0.496 e. The van der Waals surface area contributed by atoms with Gasteiger partial charge in [-0.05, 0) is 31.2 Å². The van der Waals surface area contributed by atoms with Crippen molar-refractivity contribution in [1.29, 1.82) is 0 Å². The number of aromatic nitrogens is 1. The largest absolute Gasteiger partial charge is 0.496 e. The lowest BCUT2D eigenvalue weighted by Crippen LogP contribution is -1.90. The Bertz CT molecular complexity index is 417. The molecule has 1 aromatic heterocycles. The summed E-state index contributed by atoms with van der Waals surface area (Å²) in [5, 5.41) is 1.16. The fourth-order valence-corrected chi connectivity index (χ4v) is 1.57. The van der Waals surface area contributed by atoms with Gasteiger partial charge in [-0.1, -0.05) is 0 Å². The van der Waals surface area contributed by atoms with Gasteiger partial charge >= 0.3 is 0 Å². The lowest BCUT2D eigenvalue weighted by Gasteiger charge is -2.03. The van der Waals surface area contributed by atoms with Crippen molar-refractivity contribution in [3.63, 3.8) is 0 Å². The molecule has 0 fully saturated rings. The van der Waals surface area contributed by atoms with Gasteiger partial charge in [-0.3, -0.25) is 0 Å². The van der Waals surface area contributed by atoms with E-state index in [4.69, 9.17) is 4.74 Å². The molecule has 2 rings (SSSR count). The van der Waals surface area contributed by atoms with E-state index in [1.165, 1.54) is 5.52 Å². The van der Waals surface area contributed by atoms with E-state index in [1.54, 1.807) is 7.11 Å². The number of rotatable bonds is 2. The Kier molecular flexibility index (Phi) is 1.97. The van der Waals surface area contributed by atoms with Gasteiger partial charge in [0.25, 0.3) is 0 Å². The Balaban J connectivity index is 2.72. The lowest BCUT2D eigenvalue weighted by molar-refractivity contribution is 0.419. The predicted octanol–water partition coefficient (Wildman–Crippen LogP) is 2.47. The molecule has 1 radical (unpaired) electrons. The molecule has 2 aromatic rings. The van der Waals surface area contributed by atoms with E-state index in [1.807, 2.05) is 12.1 Å². The van der Waals surface area contributed by atoms with Gasteiger partial charge in [-0.2, -0.15) is 0 Å². The van der Waals surface area contributed by atoms with Crippen LogP contribution in [0.3, 0.4) is 0 Å². The van der Waals surface area contributed by atoms with Crippen molar-refractivity contribution >= 4 is 10.9 Å². The van der Waals surface area contributed by atoms with Crippen LogP contribution in [0.15, 0.2) is 24.4 Å². The molecule has 0 aliphatic heterocycles. The summed E-state index contributed by atoms with van der Waals surface area (Å²) in [6.07, 6.45) is 2.07. The smallest absolute Gasteiger partial charge is 0.128 e. The second kappa shape index (κ2) is 3.13. The predicted molar refractivity (Wildman–Crippen MR) is 53.0 cm³/mol. The van der Waals surface area contributed by atoms with Gasteiger partial charge in [0.1, 0.15) is 5.75 Å². The highest BCUT2D eigenvalue weighted by Gasteiger charge is 2.03. The van der Waals surface area contributed by atoms with E-state index in [2.05, 4.69) is 29.8 Å². The zero-order valence-electron chi connectivity index (χ0n) is 7.87. The van der Waals surface area contributed by atoms with Crippen LogP contribution < -0.4 is 4.74 Å². The third-order valence-electron chi connectivity index (χ3n) is 2.27. The maximum atomic E-state index is 5.24. The van der Waals surface area contributed by atoms with Gasteiger partial charge in [0.15, 0.2) is 0 Å². The number of benzene rings is 1. The van der Waals surface area contributed by atoms with Crippen molar-refractivity contribution in [3.8, 4) is 5.75 Å². The summed E-state index contributed by atoms with van der Waals surface area (Å²) < 4.78 is 7.42. The van der Waals surface area contributed by atoms with Crippen LogP contribution >= 0.6 is 0 Å². The third-order valence-corrected chi connectivity index (χ3v) is 2.27. The number of fused-ring (bicyclic) bond motifs is 1. The summed E-state index contributed by atoms with van der Waals surface area (Å²) in [5.41, 5.74) is 1.18. The average molecular weight is 174 g/mol. The van der Waals surface area contributed by atoms with Crippen LogP contribution in [0.5, 0.6) is 5.75 Å². The summed E-state index contributed by atoms with van der Waals surface area (Å²) in [6, 6.07) is 9.00. The van der Waals surface area contributed by atoms with Crippen molar-refractivity contribution < 1.29 is 4.74 Å². The van der Waals surface area contributed by atoms with Crippen LogP contribution in [0.25, 0.3) is 10.9 Å². The quantitative estimate of drug-likeness (QED) is 0.682. The van der Waals surface area contributed by atoms with Crippen LogP contribution in [-0.4, -0.2) is 11.7 Å². The van der Waals surface area contributed by atoms with Gasteiger partial charge < -0.3 is 9.30 Å². The third kappa shape index (κ3) is 1.18. The van der Waals surface area contributed by atoms with Gasteiger partial charge in [0, 0.05) is 18.1 Å². The number of ether oxygens (including phenoxy) is 1. The van der Waals surface area contributed by atoms with Crippen LogP contribution in [0, 0.1) is 6.07 Å². The highest BCUT2D eigenvalue weighted by atomic mass is 16.5. The van der Waals surface area contributed by atoms with E-state index in [0.717, 1.165) is 17.7 Å². The minimum atomic E-state index is 0.893. The maximum Gasteiger partial charge on any atom is 0.128 e. The standard InChI is InChI=1S/C11H12NO/c1-3-12-8-7-9-10(12)5-4-6-11(9)13-2/h5-8H,3H2,1-2H3. The molecule has 0 amide bonds. The van der Waals surface area contributed by atoms with Crippen LogP contribution in [-0.2, 0) is 6.54 Å². The fourth-order valence-electron chi connectivity index (χ4n) is 1.57. The molecule has 0 spiro atoms. The summed E-state index contributed by atoms with van der Waals surface area (Å²) >= 11 is 0. The molecule has 0 bridgehead atoms. The molecule has 67 valence electrons. The Morgan fingerprint density at radius 1 is 1.46 bits per heavy atom. The first-order valence-corrected chi connectivity index (χ1v) is 4.39. The first-order chi connectivity index (χ1) is 6.36. The van der Waals surface area contributed by atoms with Gasteiger partial charge in [-0.15, -0.1) is 0 Å². The van der Waals surface area contributed by atoms with E-state index in [-0.39, 0.29) is 0 Å². The first kappa shape index (κ1) is 8.17. The minimum absolute atomic E-state index is 0.893. The van der Waals surface area contributed by atoms with Crippen molar-refractivity contribution in [2.24, 2.45) is 0 Å². The lowest BCUT2D eigenvalue weighted by atomic mass is 10.2. The number of nitrogens with zero attached hydrogens (tertiary/aromatic N) is 1. The van der Waals surface area contributed by atoms with Gasteiger partial charge in [0.2, 0.25) is 0 Å². The highest BCUT2D eigenvalue weighted by Crippen LogP contribution is 2.25. The van der Waals surface area contributed by atoms with Gasteiger partial charge in [-0.25, -0.2) is 0 Å². The molecule has 1 heterocycles. The summed E-state index contributed by atoms with van der Waals surface area (Å²) in [5.74, 6) is 0.893. The molecular weight excluding hydrogens is 162 g/mol. The van der Waals surface area contributed by atoms with E-state index >= 15 is 0 Å². The van der Waals surface area contributed by atoms with Crippen molar-refractivity contribution in [1.82, 2.24) is 4.57 Å². The maximum absolute atomic E-state index is 5.24. The molecule has 0 saturated carbocycles. The number of methoxy groups -OCH3 is 1. The molecule has 0 aliphatic rings. The molecule has 0 unspecified atom stereocenters. The number of aryl methyl sites for hydroxylation is 1. The van der Waals surface area contributed by atoms with E-state index in [0.29, 0.717) is 0 Å². The normalized spacial score (nSPS) is 10.6. The Morgan fingerprint density at radius 2 is 2.31 bits per heavy atom. The molecule has 0 atom stereocenters. The van der Waals surface area contributed by atoms with E-state index in [9.17, 15) is 0 Å². The summed E-state index contributed by atoms with van der Waals surface area (Å²) in [6.45, 7) is 3.10. The van der Waals surface area contributed by atoms with Crippen molar-refractivity contribution in [2.75, 3.05) is 7.11 Å². The fraction of sp³-hybridized carbons (Fsp3) is 0.273. The zero-order chi connectivity index (χ0) is 9.26. The molecule has 2 heteroatoms. The van der Waals surface area contributed by atoms with Gasteiger partial charge in [0.05, 0.1) is 12.6 Å². The highest BCUT2D eigenvalue weighted by molar-refractivity contribution is 5.86. The number of hydrogen-bond donors (Lipinski definition) is 0. The Morgan fingerprint density at radius 3 is 3.00 bits per heavy atom. The van der Waals surface area contributed by atoms with E-state index < -0.39 is 0 Å². The molecule has 0 aliphatic carbocycles. The molecule has 2 nitrogen and oxygen atoms in total. The topological polar surface area (TPSA) is 14.2 Å².